The van der Waals surface area contributed by atoms with E-state index in [4.69, 9.17) is 71.0 Å². The van der Waals surface area contributed by atoms with Gasteiger partial charge in [-0.3, -0.25) is 0 Å². The molecule has 0 aliphatic rings. The van der Waals surface area contributed by atoms with Crippen LogP contribution in [0.1, 0.15) is 1.43 Å². The molecule has 8 heteroatoms. The van der Waals surface area contributed by atoms with Gasteiger partial charge in [0.1, 0.15) is 0 Å². The van der Waals surface area contributed by atoms with Gasteiger partial charge in [0.15, 0.2) is 0 Å². The fraction of sp³-hybridized carbons (Fsp3) is 0. The van der Waals surface area contributed by atoms with Crippen LogP contribution in [0.4, 0.5) is 0 Å². The summed E-state index contributed by atoms with van der Waals surface area (Å²) in [4.78, 5) is 0. The quantitative estimate of drug-likeness (QED) is 0.343. The Hall–Kier alpha value is -1.55. The number of hydrogen-bond acceptors (Lipinski definition) is 6. The topological polar surface area (TPSA) is 143 Å². The van der Waals surface area contributed by atoms with E-state index in [1.165, 1.54) is 0 Å². The Bertz CT molecular complexity index is 103. The largest absolute Gasteiger partial charge is 1.00 e. The van der Waals surface area contributed by atoms with Crippen molar-refractivity contribution in [1.29, 1.82) is 31.6 Å². The zero-order valence-electron chi connectivity index (χ0n) is 8.02. The summed E-state index contributed by atoms with van der Waals surface area (Å²) < 4.78 is 0. The molecule has 0 bridgehead atoms. The maximum atomic E-state index is 6.25. The van der Waals surface area contributed by atoms with E-state index < -0.39 is 0 Å². The van der Waals surface area contributed by atoms with Crippen molar-refractivity contribution in [3.05, 3.63) is 39.4 Å². The van der Waals surface area contributed by atoms with Gasteiger partial charge >= 0.3 is 29.6 Å². The predicted molar refractivity (Wildman–Crippen MR) is 30.9 cm³/mol. The molecular formula is C6HCoN6Na-6. The second-order valence-electron chi connectivity index (χ2n) is 0. The van der Waals surface area contributed by atoms with Crippen molar-refractivity contribution >= 4 is 0 Å². The van der Waals surface area contributed by atoms with Crippen LogP contribution in [0.2, 0.25) is 0 Å². The molecular weight excluding hydrogens is 238 g/mol. The van der Waals surface area contributed by atoms with Gasteiger partial charge in [-0.2, -0.15) is 0 Å². The van der Waals surface area contributed by atoms with E-state index in [0.29, 0.717) is 0 Å². The third-order valence-electron chi connectivity index (χ3n) is 0. The molecule has 0 fully saturated rings. The van der Waals surface area contributed by atoms with Gasteiger partial charge in [0.2, 0.25) is 0 Å². The van der Waals surface area contributed by atoms with Crippen LogP contribution in [0.3, 0.4) is 0 Å². The SMILES string of the molecule is [C-]#N.[C-]#N.[C-]#N.[C-]#N.[C-]#N.[C-]#N.[Co].[H-].[Na+]. The van der Waals surface area contributed by atoms with Gasteiger partial charge in [0.05, 0.1) is 0 Å². The summed E-state index contributed by atoms with van der Waals surface area (Å²) in [5.74, 6) is 0. The molecule has 6 nitrogen and oxygen atoms in total. The molecule has 0 aromatic rings. The van der Waals surface area contributed by atoms with Crippen LogP contribution in [-0.2, 0) is 16.8 Å². The Morgan fingerprint density at radius 2 is 0.429 bits per heavy atom. The summed E-state index contributed by atoms with van der Waals surface area (Å²) in [6.07, 6.45) is 0. The second-order valence-corrected chi connectivity index (χ2v) is 0. The molecule has 14 heavy (non-hydrogen) atoms. The molecule has 0 spiro atoms. The van der Waals surface area contributed by atoms with E-state index in [9.17, 15) is 0 Å². The van der Waals surface area contributed by atoms with Crippen molar-refractivity contribution in [2.45, 2.75) is 0 Å². The first-order chi connectivity index (χ1) is 6.00. The Balaban J connectivity index is -0.00000000396. The molecule has 0 heterocycles. The number of hydrogen-bond donors (Lipinski definition) is 0. The van der Waals surface area contributed by atoms with Crippen molar-refractivity contribution in [2.24, 2.45) is 0 Å². The third-order valence-corrected chi connectivity index (χ3v) is 0. The zero-order chi connectivity index (χ0) is 12.0. The van der Waals surface area contributed by atoms with Crippen molar-refractivity contribution in [3.8, 4) is 0 Å². The first-order valence-corrected chi connectivity index (χ1v) is 1.34. The second kappa shape index (κ2) is 518. The third kappa shape index (κ3) is 386. The molecule has 0 saturated heterocycles. The van der Waals surface area contributed by atoms with E-state index in [0.717, 1.165) is 0 Å². The Morgan fingerprint density at radius 3 is 0.429 bits per heavy atom. The van der Waals surface area contributed by atoms with Gasteiger partial charge in [0.25, 0.3) is 0 Å². The minimum Gasteiger partial charge on any atom is -1.00 e. The van der Waals surface area contributed by atoms with Crippen molar-refractivity contribution in [2.75, 3.05) is 0 Å². The Morgan fingerprint density at radius 1 is 0.429 bits per heavy atom. The standard InChI is InChI=1S/6CN.Co.Na.H/c6*1-2;;;/q6*-1;;+1;-1. The van der Waals surface area contributed by atoms with Gasteiger partial charge in [0, 0.05) is 16.8 Å². The van der Waals surface area contributed by atoms with E-state index in [1.54, 1.807) is 0 Å². The summed E-state index contributed by atoms with van der Waals surface area (Å²) >= 11 is 0. The van der Waals surface area contributed by atoms with Crippen LogP contribution in [0, 0.1) is 71.0 Å². The molecule has 0 rings (SSSR count). The molecule has 0 unspecified atom stereocenters. The van der Waals surface area contributed by atoms with Gasteiger partial charge in [-0.1, -0.05) is 0 Å². The van der Waals surface area contributed by atoms with E-state index >= 15 is 0 Å². The summed E-state index contributed by atoms with van der Waals surface area (Å²) in [6.45, 7) is 28.5. The van der Waals surface area contributed by atoms with Crippen LogP contribution >= 0.6 is 0 Å². The molecule has 0 amide bonds. The molecule has 0 saturated carbocycles. The van der Waals surface area contributed by atoms with Crippen LogP contribution < -0.4 is 29.6 Å². The summed E-state index contributed by atoms with van der Waals surface area (Å²) in [7, 11) is 0. The molecule has 0 atom stereocenters. The minimum atomic E-state index is 0. The molecule has 0 aromatic heterocycles. The molecule has 1 radical (unpaired) electrons. The average Bonchev–Trinajstić information content (AvgIpc) is 2.33. The minimum absolute atomic E-state index is 0. The normalized spacial score (nSPS) is 0.857. The number of rotatable bonds is 0. The smallest absolute Gasteiger partial charge is 1.00 e. The first-order valence-electron chi connectivity index (χ1n) is 1.34. The molecule has 0 aliphatic heterocycles. The fourth-order valence-electron chi connectivity index (χ4n) is 0. The zero-order valence-corrected chi connectivity index (χ0v) is 10.1. The van der Waals surface area contributed by atoms with Crippen LogP contribution in [0.5, 0.6) is 0 Å². The predicted octanol–water partition coefficient (Wildman–Crippen LogP) is -2.31. The average molecular weight is 239 g/mol. The summed E-state index contributed by atoms with van der Waals surface area (Å²) in [5, 5.41) is 37.5. The molecule has 0 N–H and O–H groups in total. The molecule has 0 aliphatic carbocycles. The van der Waals surface area contributed by atoms with Crippen LogP contribution in [0.25, 0.3) is 0 Å². The summed E-state index contributed by atoms with van der Waals surface area (Å²) in [6, 6.07) is 0. The van der Waals surface area contributed by atoms with Gasteiger partial charge < -0.3 is 72.4 Å². The van der Waals surface area contributed by atoms with Crippen molar-refractivity contribution < 1.29 is 47.8 Å². The monoisotopic (exact) mass is 239 g/mol. The molecule has 71 valence electrons. The van der Waals surface area contributed by atoms with Crippen LogP contribution in [0.15, 0.2) is 0 Å². The number of nitrogens with zero attached hydrogens (tertiary/aromatic N) is 6. The van der Waals surface area contributed by atoms with E-state index in [2.05, 4.69) is 0 Å². The van der Waals surface area contributed by atoms with Gasteiger partial charge in [-0.05, 0) is 0 Å². The fourth-order valence-corrected chi connectivity index (χ4v) is 0. The Labute approximate surface area is 118 Å². The maximum absolute atomic E-state index is 6.25. The first kappa shape index (κ1) is 82.5. The summed E-state index contributed by atoms with van der Waals surface area (Å²) in [5.41, 5.74) is 0. The van der Waals surface area contributed by atoms with Crippen LogP contribution in [-0.4, -0.2) is 0 Å². The maximum Gasteiger partial charge on any atom is 1.00 e. The Kier molecular flexibility index (Phi) is 3050. The van der Waals surface area contributed by atoms with E-state index in [1.807, 2.05) is 0 Å². The van der Waals surface area contributed by atoms with Crippen molar-refractivity contribution in [3.63, 3.8) is 0 Å². The van der Waals surface area contributed by atoms with Gasteiger partial charge in [-0.25, -0.2) is 0 Å². The van der Waals surface area contributed by atoms with Gasteiger partial charge in [-0.15, -0.1) is 0 Å². The molecule has 0 aromatic carbocycles. The van der Waals surface area contributed by atoms with E-state index in [-0.39, 0.29) is 47.8 Å². The van der Waals surface area contributed by atoms with Crippen molar-refractivity contribution in [1.82, 2.24) is 0 Å².